The van der Waals surface area contributed by atoms with E-state index in [0.717, 1.165) is 68.3 Å². The second-order valence-electron chi connectivity index (χ2n) is 7.78. The van der Waals surface area contributed by atoms with E-state index in [0.29, 0.717) is 12.5 Å². The van der Waals surface area contributed by atoms with Crippen molar-refractivity contribution in [3.8, 4) is 0 Å². The van der Waals surface area contributed by atoms with Crippen molar-refractivity contribution in [2.24, 2.45) is 5.92 Å². The SMILES string of the molecule is O=C(NCC1CCCN(Cc2cc(F)cc3cccnc23)C1)C1CCCN1. The van der Waals surface area contributed by atoms with Crippen LogP contribution in [0.3, 0.4) is 0 Å². The highest BCUT2D eigenvalue weighted by atomic mass is 19.1. The molecule has 0 spiro atoms. The van der Waals surface area contributed by atoms with Crippen molar-refractivity contribution in [1.29, 1.82) is 0 Å². The van der Waals surface area contributed by atoms with Crippen LogP contribution >= 0.6 is 0 Å². The Morgan fingerprint density at radius 1 is 1.33 bits per heavy atom. The van der Waals surface area contributed by atoms with Crippen molar-refractivity contribution in [3.63, 3.8) is 0 Å². The first-order valence-electron chi connectivity index (χ1n) is 9.95. The van der Waals surface area contributed by atoms with E-state index in [1.54, 1.807) is 12.3 Å². The van der Waals surface area contributed by atoms with E-state index in [-0.39, 0.29) is 17.8 Å². The summed E-state index contributed by atoms with van der Waals surface area (Å²) in [6.07, 6.45) is 5.99. The molecule has 2 unspecified atom stereocenters. The molecular formula is C21H27FN4O. The van der Waals surface area contributed by atoms with E-state index < -0.39 is 0 Å². The minimum Gasteiger partial charge on any atom is -0.354 e. The van der Waals surface area contributed by atoms with Gasteiger partial charge in [0.2, 0.25) is 5.91 Å². The van der Waals surface area contributed by atoms with E-state index >= 15 is 0 Å². The van der Waals surface area contributed by atoms with Gasteiger partial charge in [-0.05, 0) is 68.5 Å². The van der Waals surface area contributed by atoms with Gasteiger partial charge in [0.15, 0.2) is 0 Å². The molecule has 2 fully saturated rings. The lowest BCUT2D eigenvalue weighted by atomic mass is 9.97. The normalized spacial score (nSPS) is 23.6. The second-order valence-corrected chi connectivity index (χ2v) is 7.78. The van der Waals surface area contributed by atoms with Gasteiger partial charge < -0.3 is 10.6 Å². The first kappa shape index (κ1) is 18.3. The van der Waals surface area contributed by atoms with Gasteiger partial charge in [0.05, 0.1) is 11.6 Å². The van der Waals surface area contributed by atoms with Crippen molar-refractivity contribution in [1.82, 2.24) is 20.5 Å². The van der Waals surface area contributed by atoms with Gasteiger partial charge in [-0.3, -0.25) is 14.7 Å². The van der Waals surface area contributed by atoms with Gasteiger partial charge in [0.1, 0.15) is 5.82 Å². The fraction of sp³-hybridized carbons (Fsp3) is 0.524. The topological polar surface area (TPSA) is 57.3 Å². The molecule has 0 radical (unpaired) electrons. The van der Waals surface area contributed by atoms with E-state index in [9.17, 15) is 9.18 Å². The second kappa shape index (κ2) is 8.31. The predicted octanol–water partition coefficient (Wildman–Crippen LogP) is 2.45. The Morgan fingerprint density at radius 2 is 2.26 bits per heavy atom. The molecule has 2 aliphatic heterocycles. The van der Waals surface area contributed by atoms with Crippen LogP contribution in [0.15, 0.2) is 30.5 Å². The van der Waals surface area contributed by atoms with Crippen LogP contribution in [-0.4, -0.2) is 48.0 Å². The number of benzene rings is 1. The summed E-state index contributed by atoms with van der Waals surface area (Å²) in [6, 6.07) is 6.86. The molecule has 0 saturated carbocycles. The highest BCUT2D eigenvalue weighted by Gasteiger charge is 2.25. The standard InChI is InChI=1S/C21H27FN4O/c22-18-10-16-5-1-8-24-20(16)17(11-18)14-26-9-3-4-15(13-26)12-25-21(27)19-6-2-7-23-19/h1,5,8,10-11,15,19,23H,2-4,6-7,9,12-14H2,(H,25,27). The number of piperidine rings is 1. The number of amides is 1. The molecule has 2 aliphatic rings. The molecule has 27 heavy (non-hydrogen) atoms. The molecule has 3 heterocycles. The quantitative estimate of drug-likeness (QED) is 0.849. The lowest BCUT2D eigenvalue weighted by molar-refractivity contribution is -0.123. The monoisotopic (exact) mass is 370 g/mol. The van der Waals surface area contributed by atoms with Gasteiger partial charge in [-0.25, -0.2) is 4.39 Å². The van der Waals surface area contributed by atoms with E-state index in [4.69, 9.17) is 0 Å². The zero-order valence-corrected chi connectivity index (χ0v) is 15.6. The number of fused-ring (bicyclic) bond motifs is 1. The number of likely N-dealkylation sites (tertiary alicyclic amines) is 1. The third kappa shape index (κ3) is 4.45. The van der Waals surface area contributed by atoms with Crippen molar-refractivity contribution in [2.45, 2.75) is 38.3 Å². The van der Waals surface area contributed by atoms with Crippen LogP contribution in [0.2, 0.25) is 0 Å². The zero-order valence-electron chi connectivity index (χ0n) is 15.6. The summed E-state index contributed by atoms with van der Waals surface area (Å²) in [5.74, 6) is 0.359. The van der Waals surface area contributed by atoms with Crippen LogP contribution in [0.1, 0.15) is 31.2 Å². The maximum Gasteiger partial charge on any atom is 0.237 e. The van der Waals surface area contributed by atoms with Gasteiger partial charge >= 0.3 is 0 Å². The summed E-state index contributed by atoms with van der Waals surface area (Å²) in [4.78, 5) is 19.0. The van der Waals surface area contributed by atoms with Gasteiger partial charge in [0, 0.05) is 31.2 Å². The highest BCUT2D eigenvalue weighted by molar-refractivity contribution is 5.82. The number of hydrogen-bond donors (Lipinski definition) is 2. The maximum absolute atomic E-state index is 14.0. The number of carbonyl (C=O) groups excluding carboxylic acids is 1. The number of pyridine rings is 1. The Labute approximate surface area is 159 Å². The van der Waals surface area contributed by atoms with Crippen LogP contribution in [-0.2, 0) is 11.3 Å². The molecule has 1 amide bonds. The van der Waals surface area contributed by atoms with E-state index in [2.05, 4.69) is 20.5 Å². The van der Waals surface area contributed by atoms with E-state index in [1.807, 2.05) is 12.1 Å². The molecule has 4 rings (SSSR count). The van der Waals surface area contributed by atoms with Gasteiger partial charge in [-0.1, -0.05) is 6.07 Å². The first-order chi connectivity index (χ1) is 13.2. The fourth-order valence-electron chi connectivity index (χ4n) is 4.33. The molecule has 1 aromatic heterocycles. The molecule has 6 heteroatoms. The minimum absolute atomic E-state index is 0.0190. The Bertz CT molecular complexity index is 806. The summed E-state index contributed by atoms with van der Waals surface area (Å²) in [5, 5.41) is 7.20. The number of aromatic nitrogens is 1. The molecule has 0 aliphatic carbocycles. The molecule has 2 aromatic rings. The average Bonchev–Trinajstić information content (AvgIpc) is 3.21. The Morgan fingerprint density at radius 3 is 3.11 bits per heavy atom. The van der Waals surface area contributed by atoms with Crippen LogP contribution in [0.5, 0.6) is 0 Å². The summed E-state index contributed by atoms with van der Waals surface area (Å²) in [5.41, 5.74) is 1.81. The number of nitrogens with one attached hydrogen (secondary N) is 2. The number of carbonyl (C=O) groups is 1. The van der Waals surface area contributed by atoms with Crippen LogP contribution in [0.4, 0.5) is 4.39 Å². The smallest absolute Gasteiger partial charge is 0.237 e. The fourth-order valence-corrected chi connectivity index (χ4v) is 4.33. The molecular weight excluding hydrogens is 343 g/mol. The number of halogens is 1. The van der Waals surface area contributed by atoms with Crippen LogP contribution in [0, 0.1) is 11.7 Å². The molecule has 2 saturated heterocycles. The van der Waals surface area contributed by atoms with Crippen molar-refractivity contribution < 1.29 is 9.18 Å². The van der Waals surface area contributed by atoms with Gasteiger partial charge in [0.25, 0.3) is 0 Å². The largest absolute Gasteiger partial charge is 0.354 e. The van der Waals surface area contributed by atoms with Crippen molar-refractivity contribution in [3.05, 3.63) is 41.8 Å². The van der Waals surface area contributed by atoms with Gasteiger partial charge in [-0.15, -0.1) is 0 Å². The zero-order chi connectivity index (χ0) is 18.6. The highest BCUT2D eigenvalue weighted by Crippen LogP contribution is 2.23. The Kier molecular flexibility index (Phi) is 5.64. The lowest BCUT2D eigenvalue weighted by Gasteiger charge is -2.33. The molecule has 1 aromatic carbocycles. The lowest BCUT2D eigenvalue weighted by Crippen LogP contribution is -2.45. The average molecular weight is 370 g/mol. The molecule has 5 nitrogen and oxygen atoms in total. The molecule has 2 N–H and O–H groups in total. The van der Waals surface area contributed by atoms with Crippen molar-refractivity contribution >= 4 is 16.8 Å². The predicted molar refractivity (Wildman–Crippen MR) is 104 cm³/mol. The summed E-state index contributed by atoms with van der Waals surface area (Å²) in [6.45, 7) is 4.27. The summed E-state index contributed by atoms with van der Waals surface area (Å²) < 4.78 is 14.0. The molecule has 2 atom stereocenters. The van der Waals surface area contributed by atoms with E-state index in [1.165, 1.54) is 6.07 Å². The summed E-state index contributed by atoms with van der Waals surface area (Å²) in [7, 11) is 0. The third-order valence-electron chi connectivity index (χ3n) is 5.69. The van der Waals surface area contributed by atoms with Gasteiger partial charge in [-0.2, -0.15) is 0 Å². The first-order valence-corrected chi connectivity index (χ1v) is 9.95. The Hall–Kier alpha value is -2.05. The van der Waals surface area contributed by atoms with Crippen molar-refractivity contribution in [2.75, 3.05) is 26.2 Å². The van der Waals surface area contributed by atoms with Crippen LogP contribution in [0.25, 0.3) is 10.9 Å². The number of hydrogen-bond acceptors (Lipinski definition) is 4. The summed E-state index contributed by atoms with van der Waals surface area (Å²) >= 11 is 0. The van der Waals surface area contributed by atoms with Crippen LogP contribution < -0.4 is 10.6 Å². The number of nitrogens with zero attached hydrogens (tertiary/aromatic N) is 2. The maximum atomic E-state index is 14.0. The third-order valence-corrected chi connectivity index (χ3v) is 5.69. The number of rotatable bonds is 5. The Balaban J connectivity index is 1.37. The molecule has 0 bridgehead atoms. The molecule has 144 valence electrons. The minimum atomic E-state index is -0.213.